The standard InChI is InChI=1S/C13H19NO3/c1-15-12-6-5-11(8-14-16-2)7-13(12)17-9-10-3-4-10/h5-7,10,14H,3-4,8-9H2,1-2H3. The van der Waals surface area contributed by atoms with Crippen LogP contribution in [0.15, 0.2) is 18.2 Å². The van der Waals surface area contributed by atoms with Gasteiger partial charge in [-0.1, -0.05) is 6.07 Å². The van der Waals surface area contributed by atoms with Crippen molar-refractivity contribution in [3.05, 3.63) is 23.8 Å². The third-order valence-corrected chi connectivity index (χ3v) is 2.82. The van der Waals surface area contributed by atoms with Crippen molar-refractivity contribution in [2.24, 2.45) is 5.92 Å². The summed E-state index contributed by atoms with van der Waals surface area (Å²) >= 11 is 0. The third-order valence-electron chi connectivity index (χ3n) is 2.82. The van der Waals surface area contributed by atoms with E-state index in [1.165, 1.54) is 12.8 Å². The van der Waals surface area contributed by atoms with Crippen molar-refractivity contribution in [1.29, 1.82) is 0 Å². The first-order chi connectivity index (χ1) is 8.33. The second-order valence-electron chi connectivity index (χ2n) is 4.26. The van der Waals surface area contributed by atoms with Crippen LogP contribution in [0.25, 0.3) is 0 Å². The van der Waals surface area contributed by atoms with E-state index in [1.54, 1.807) is 14.2 Å². The van der Waals surface area contributed by atoms with Crippen LogP contribution < -0.4 is 15.0 Å². The molecule has 0 amide bonds. The summed E-state index contributed by atoms with van der Waals surface area (Å²) in [6.07, 6.45) is 2.57. The zero-order chi connectivity index (χ0) is 12.1. The smallest absolute Gasteiger partial charge is 0.161 e. The maximum Gasteiger partial charge on any atom is 0.161 e. The summed E-state index contributed by atoms with van der Waals surface area (Å²) < 4.78 is 11.1. The number of hydrogen-bond donors (Lipinski definition) is 1. The summed E-state index contributed by atoms with van der Waals surface area (Å²) in [4.78, 5) is 4.83. The molecule has 0 saturated heterocycles. The molecule has 1 saturated carbocycles. The molecule has 0 heterocycles. The van der Waals surface area contributed by atoms with E-state index in [0.29, 0.717) is 6.54 Å². The molecular weight excluding hydrogens is 218 g/mol. The summed E-state index contributed by atoms with van der Waals surface area (Å²) in [6, 6.07) is 5.91. The monoisotopic (exact) mass is 237 g/mol. The molecule has 1 aromatic carbocycles. The Labute approximate surface area is 102 Å². The van der Waals surface area contributed by atoms with Crippen LogP contribution in [0.2, 0.25) is 0 Å². The van der Waals surface area contributed by atoms with Gasteiger partial charge in [0.25, 0.3) is 0 Å². The Balaban J connectivity index is 2.01. The van der Waals surface area contributed by atoms with E-state index in [1.807, 2.05) is 18.2 Å². The molecule has 0 bridgehead atoms. The van der Waals surface area contributed by atoms with E-state index in [2.05, 4.69) is 5.48 Å². The lowest BCUT2D eigenvalue weighted by Crippen LogP contribution is -2.11. The highest BCUT2D eigenvalue weighted by molar-refractivity contribution is 5.42. The second kappa shape index (κ2) is 5.89. The molecule has 0 radical (unpaired) electrons. The predicted molar refractivity (Wildman–Crippen MR) is 65.1 cm³/mol. The minimum Gasteiger partial charge on any atom is -0.493 e. The Morgan fingerprint density at radius 3 is 2.71 bits per heavy atom. The molecule has 1 aliphatic carbocycles. The maximum atomic E-state index is 5.78. The molecule has 1 aliphatic rings. The van der Waals surface area contributed by atoms with E-state index in [0.717, 1.165) is 29.6 Å². The van der Waals surface area contributed by atoms with E-state index in [-0.39, 0.29) is 0 Å². The quantitative estimate of drug-likeness (QED) is 0.737. The summed E-state index contributed by atoms with van der Waals surface area (Å²) in [7, 11) is 3.26. The lowest BCUT2D eigenvalue weighted by molar-refractivity contribution is 0.0866. The van der Waals surface area contributed by atoms with E-state index < -0.39 is 0 Å². The average Bonchev–Trinajstić information content (AvgIpc) is 3.18. The van der Waals surface area contributed by atoms with Gasteiger partial charge in [-0.15, -0.1) is 0 Å². The first-order valence-corrected chi connectivity index (χ1v) is 5.89. The SMILES string of the molecule is CONCc1ccc(OC)c(OCC2CC2)c1. The molecule has 17 heavy (non-hydrogen) atoms. The van der Waals surface area contributed by atoms with Crippen LogP contribution >= 0.6 is 0 Å². The van der Waals surface area contributed by atoms with Gasteiger partial charge in [0.1, 0.15) is 0 Å². The Hall–Kier alpha value is -1.26. The van der Waals surface area contributed by atoms with Crippen LogP contribution in [0.4, 0.5) is 0 Å². The fourth-order valence-corrected chi connectivity index (χ4v) is 1.59. The Kier molecular flexibility index (Phi) is 4.23. The van der Waals surface area contributed by atoms with Crippen LogP contribution in [0.5, 0.6) is 11.5 Å². The van der Waals surface area contributed by atoms with E-state index in [4.69, 9.17) is 14.3 Å². The predicted octanol–water partition coefficient (Wildman–Crippen LogP) is 2.13. The van der Waals surface area contributed by atoms with Gasteiger partial charge in [0, 0.05) is 6.54 Å². The Bertz CT molecular complexity index is 364. The zero-order valence-electron chi connectivity index (χ0n) is 10.4. The molecule has 1 fully saturated rings. The minimum atomic E-state index is 0.653. The van der Waals surface area contributed by atoms with Crippen molar-refractivity contribution >= 4 is 0 Å². The molecule has 4 nitrogen and oxygen atoms in total. The molecule has 0 spiro atoms. The molecule has 0 aliphatic heterocycles. The molecule has 0 atom stereocenters. The van der Waals surface area contributed by atoms with Gasteiger partial charge in [-0.25, -0.2) is 0 Å². The molecular formula is C13H19NO3. The largest absolute Gasteiger partial charge is 0.493 e. The van der Waals surface area contributed by atoms with Crippen LogP contribution in [-0.2, 0) is 11.4 Å². The van der Waals surface area contributed by atoms with E-state index >= 15 is 0 Å². The first-order valence-electron chi connectivity index (χ1n) is 5.89. The zero-order valence-corrected chi connectivity index (χ0v) is 10.4. The fourth-order valence-electron chi connectivity index (χ4n) is 1.59. The molecule has 94 valence electrons. The highest BCUT2D eigenvalue weighted by Crippen LogP contribution is 2.33. The number of nitrogens with one attached hydrogen (secondary N) is 1. The molecule has 2 rings (SSSR count). The van der Waals surface area contributed by atoms with Crippen molar-refractivity contribution in [2.75, 3.05) is 20.8 Å². The van der Waals surface area contributed by atoms with Gasteiger partial charge in [0.05, 0.1) is 20.8 Å². The lowest BCUT2D eigenvalue weighted by Gasteiger charge is -2.12. The fraction of sp³-hybridized carbons (Fsp3) is 0.538. The van der Waals surface area contributed by atoms with Gasteiger partial charge in [0.15, 0.2) is 11.5 Å². The molecule has 0 unspecified atom stereocenters. The number of methoxy groups -OCH3 is 1. The highest BCUT2D eigenvalue weighted by Gasteiger charge is 2.22. The molecule has 1 aromatic rings. The van der Waals surface area contributed by atoms with Gasteiger partial charge >= 0.3 is 0 Å². The summed E-state index contributed by atoms with van der Waals surface area (Å²) in [5, 5.41) is 0. The topological polar surface area (TPSA) is 39.7 Å². The first kappa shape index (κ1) is 12.2. The average molecular weight is 237 g/mol. The Morgan fingerprint density at radius 2 is 2.06 bits per heavy atom. The minimum absolute atomic E-state index is 0.653. The van der Waals surface area contributed by atoms with E-state index in [9.17, 15) is 0 Å². The summed E-state index contributed by atoms with van der Waals surface area (Å²) in [6.45, 7) is 1.44. The van der Waals surface area contributed by atoms with Gasteiger partial charge in [-0.2, -0.15) is 5.48 Å². The van der Waals surface area contributed by atoms with Crippen LogP contribution in [0.1, 0.15) is 18.4 Å². The maximum absolute atomic E-state index is 5.78. The Morgan fingerprint density at radius 1 is 1.24 bits per heavy atom. The molecule has 0 aromatic heterocycles. The van der Waals surface area contributed by atoms with Gasteiger partial charge in [0.2, 0.25) is 0 Å². The van der Waals surface area contributed by atoms with Crippen molar-refractivity contribution in [3.8, 4) is 11.5 Å². The summed E-state index contributed by atoms with van der Waals surface area (Å²) in [5.41, 5.74) is 3.92. The number of hydroxylamine groups is 1. The van der Waals surface area contributed by atoms with Crippen molar-refractivity contribution in [1.82, 2.24) is 5.48 Å². The number of ether oxygens (including phenoxy) is 2. The van der Waals surface area contributed by atoms with Crippen LogP contribution in [-0.4, -0.2) is 20.8 Å². The number of benzene rings is 1. The molecule has 4 heteroatoms. The normalized spacial score (nSPS) is 14.7. The third kappa shape index (κ3) is 3.61. The van der Waals surface area contributed by atoms with Gasteiger partial charge < -0.3 is 14.3 Å². The molecule has 1 N–H and O–H groups in total. The second-order valence-corrected chi connectivity index (χ2v) is 4.26. The van der Waals surface area contributed by atoms with Crippen molar-refractivity contribution in [3.63, 3.8) is 0 Å². The van der Waals surface area contributed by atoms with Crippen molar-refractivity contribution in [2.45, 2.75) is 19.4 Å². The van der Waals surface area contributed by atoms with Gasteiger partial charge in [-0.3, -0.25) is 0 Å². The van der Waals surface area contributed by atoms with Crippen LogP contribution in [0.3, 0.4) is 0 Å². The van der Waals surface area contributed by atoms with Crippen LogP contribution in [0, 0.1) is 5.92 Å². The number of hydrogen-bond acceptors (Lipinski definition) is 4. The van der Waals surface area contributed by atoms with Gasteiger partial charge in [-0.05, 0) is 36.5 Å². The lowest BCUT2D eigenvalue weighted by atomic mass is 10.2. The van der Waals surface area contributed by atoms with Crippen molar-refractivity contribution < 1.29 is 14.3 Å². The number of rotatable bonds is 7. The highest BCUT2D eigenvalue weighted by atomic mass is 16.6. The summed E-state index contributed by atoms with van der Waals surface area (Å²) in [5.74, 6) is 2.34.